The Kier molecular flexibility index (Phi) is 5.42. The van der Waals surface area contributed by atoms with Crippen molar-refractivity contribution < 1.29 is 0 Å². The number of hydrogen-bond donors (Lipinski definition) is 0. The maximum Gasteiger partial charge on any atom is 0.0621 e. The van der Waals surface area contributed by atoms with Gasteiger partial charge in [-0.15, -0.1) is 0 Å². The molecule has 2 heteroatoms. The number of hydrogen-bond acceptors (Lipinski definition) is 2. The Bertz CT molecular complexity index is 352. The number of anilines is 1. The van der Waals surface area contributed by atoms with Crippen LogP contribution in [0.2, 0.25) is 0 Å². The topological polar surface area (TPSA) is 27.0 Å². The van der Waals surface area contributed by atoms with Crippen molar-refractivity contribution in [1.82, 2.24) is 0 Å². The fourth-order valence-electron chi connectivity index (χ4n) is 1.80. The smallest absolute Gasteiger partial charge is 0.0621 e. The molecule has 0 atom stereocenters. The van der Waals surface area contributed by atoms with E-state index in [-0.39, 0.29) is 0 Å². The summed E-state index contributed by atoms with van der Waals surface area (Å²) in [6.07, 6.45) is 2.76. The highest BCUT2D eigenvalue weighted by molar-refractivity contribution is 5.48. The Morgan fingerprint density at radius 1 is 1.31 bits per heavy atom. The summed E-state index contributed by atoms with van der Waals surface area (Å²) in [6.45, 7) is 6.36. The predicted molar refractivity (Wildman–Crippen MR) is 68.5 cm³/mol. The van der Waals surface area contributed by atoms with Gasteiger partial charge in [-0.05, 0) is 44.4 Å². The minimum absolute atomic E-state index is 0.672. The van der Waals surface area contributed by atoms with Gasteiger partial charge in [-0.2, -0.15) is 5.26 Å². The molecule has 0 bridgehead atoms. The number of aryl methyl sites for hydroxylation is 1. The molecular formula is C14H20N2. The highest BCUT2D eigenvalue weighted by Gasteiger charge is 2.03. The van der Waals surface area contributed by atoms with Crippen LogP contribution in [0.25, 0.3) is 0 Å². The molecule has 86 valence electrons. The standard InChI is InChI=1S/C14H20N2/c1-3-16(11-6-4-5-10-15)14-9-7-8-13(2)12-14/h7-9,12H,3-6,11H2,1-2H3. The van der Waals surface area contributed by atoms with Gasteiger partial charge in [0, 0.05) is 25.2 Å². The fourth-order valence-corrected chi connectivity index (χ4v) is 1.80. The van der Waals surface area contributed by atoms with E-state index in [1.807, 2.05) is 0 Å². The second-order valence-corrected chi connectivity index (χ2v) is 4.03. The van der Waals surface area contributed by atoms with E-state index in [2.05, 4.69) is 49.1 Å². The maximum absolute atomic E-state index is 8.48. The molecule has 0 unspecified atom stereocenters. The van der Waals surface area contributed by atoms with Crippen LogP contribution in [-0.4, -0.2) is 13.1 Å². The van der Waals surface area contributed by atoms with E-state index >= 15 is 0 Å². The molecule has 0 fully saturated rings. The zero-order chi connectivity index (χ0) is 11.8. The van der Waals surface area contributed by atoms with Gasteiger partial charge in [-0.1, -0.05) is 12.1 Å². The highest BCUT2D eigenvalue weighted by Crippen LogP contribution is 2.16. The second kappa shape index (κ2) is 6.90. The van der Waals surface area contributed by atoms with Crippen LogP contribution < -0.4 is 4.90 Å². The molecule has 0 spiro atoms. The predicted octanol–water partition coefficient (Wildman–Crippen LogP) is 3.52. The van der Waals surface area contributed by atoms with Gasteiger partial charge in [0.2, 0.25) is 0 Å². The summed E-state index contributed by atoms with van der Waals surface area (Å²) in [7, 11) is 0. The Labute approximate surface area is 98.5 Å². The van der Waals surface area contributed by atoms with Crippen LogP contribution >= 0.6 is 0 Å². The lowest BCUT2D eigenvalue weighted by Gasteiger charge is -2.23. The molecular weight excluding hydrogens is 196 g/mol. The van der Waals surface area contributed by atoms with Crippen molar-refractivity contribution in [2.45, 2.75) is 33.1 Å². The first-order valence-electron chi connectivity index (χ1n) is 5.96. The lowest BCUT2D eigenvalue weighted by Crippen LogP contribution is -2.23. The fraction of sp³-hybridized carbons (Fsp3) is 0.500. The third kappa shape index (κ3) is 3.94. The van der Waals surface area contributed by atoms with Crippen molar-refractivity contribution in [2.75, 3.05) is 18.0 Å². The molecule has 0 amide bonds. The summed E-state index contributed by atoms with van der Waals surface area (Å²) in [6, 6.07) is 10.8. The number of benzene rings is 1. The lowest BCUT2D eigenvalue weighted by atomic mass is 10.2. The van der Waals surface area contributed by atoms with Gasteiger partial charge in [-0.3, -0.25) is 0 Å². The quantitative estimate of drug-likeness (QED) is 0.680. The normalized spacial score (nSPS) is 9.81. The van der Waals surface area contributed by atoms with Crippen LogP contribution in [0.5, 0.6) is 0 Å². The van der Waals surface area contributed by atoms with Gasteiger partial charge in [0.05, 0.1) is 6.07 Å². The van der Waals surface area contributed by atoms with Crippen molar-refractivity contribution >= 4 is 5.69 Å². The van der Waals surface area contributed by atoms with Crippen molar-refractivity contribution in [3.05, 3.63) is 29.8 Å². The number of unbranched alkanes of at least 4 members (excludes halogenated alkanes) is 2. The summed E-state index contributed by atoms with van der Waals surface area (Å²) in [5, 5.41) is 8.48. The second-order valence-electron chi connectivity index (χ2n) is 4.03. The third-order valence-corrected chi connectivity index (χ3v) is 2.72. The van der Waals surface area contributed by atoms with Crippen LogP contribution in [-0.2, 0) is 0 Å². The first-order valence-corrected chi connectivity index (χ1v) is 5.96. The molecule has 2 nitrogen and oxygen atoms in total. The molecule has 0 aromatic heterocycles. The molecule has 1 aromatic rings. The van der Waals surface area contributed by atoms with E-state index in [0.717, 1.165) is 25.9 Å². The van der Waals surface area contributed by atoms with E-state index in [9.17, 15) is 0 Å². The maximum atomic E-state index is 8.48. The average molecular weight is 216 g/mol. The first kappa shape index (κ1) is 12.6. The van der Waals surface area contributed by atoms with E-state index in [1.54, 1.807) is 0 Å². The van der Waals surface area contributed by atoms with Crippen LogP contribution in [0.3, 0.4) is 0 Å². The number of nitriles is 1. The largest absolute Gasteiger partial charge is 0.372 e. The molecule has 16 heavy (non-hydrogen) atoms. The van der Waals surface area contributed by atoms with Gasteiger partial charge < -0.3 is 4.90 Å². The molecule has 0 heterocycles. The minimum Gasteiger partial charge on any atom is -0.372 e. The SMILES string of the molecule is CCN(CCCCC#N)c1cccc(C)c1. The summed E-state index contributed by atoms with van der Waals surface area (Å²) >= 11 is 0. The van der Waals surface area contributed by atoms with Crippen LogP contribution in [0.1, 0.15) is 31.7 Å². The molecule has 0 radical (unpaired) electrons. The molecule has 0 N–H and O–H groups in total. The summed E-state index contributed by atoms with van der Waals surface area (Å²) < 4.78 is 0. The van der Waals surface area contributed by atoms with Crippen molar-refractivity contribution in [1.29, 1.82) is 5.26 Å². The number of rotatable bonds is 6. The average Bonchev–Trinajstić information content (AvgIpc) is 2.29. The lowest BCUT2D eigenvalue weighted by molar-refractivity contribution is 0.708. The Balaban J connectivity index is 2.51. The molecule has 1 rings (SSSR count). The van der Waals surface area contributed by atoms with Gasteiger partial charge >= 0.3 is 0 Å². The van der Waals surface area contributed by atoms with Gasteiger partial charge in [-0.25, -0.2) is 0 Å². The zero-order valence-electron chi connectivity index (χ0n) is 10.2. The van der Waals surface area contributed by atoms with Crippen molar-refractivity contribution in [3.63, 3.8) is 0 Å². The Morgan fingerprint density at radius 3 is 2.75 bits per heavy atom. The molecule has 0 aliphatic heterocycles. The van der Waals surface area contributed by atoms with Gasteiger partial charge in [0.1, 0.15) is 0 Å². The summed E-state index contributed by atoms with van der Waals surface area (Å²) in [5.74, 6) is 0. The third-order valence-electron chi connectivity index (χ3n) is 2.72. The van der Waals surface area contributed by atoms with Crippen molar-refractivity contribution in [3.8, 4) is 6.07 Å². The van der Waals surface area contributed by atoms with Crippen LogP contribution in [0, 0.1) is 18.3 Å². The molecule has 0 aliphatic rings. The van der Waals surface area contributed by atoms with Crippen LogP contribution in [0.15, 0.2) is 24.3 Å². The van der Waals surface area contributed by atoms with E-state index in [1.165, 1.54) is 11.3 Å². The summed E-state index contributed by atoms with van der Waals surface area (Å²) in [4.78, 5) is 2.37. The van der Waals surface area contributed by atoms with E-state index in [0.29, 0.717) is 6.42 Å². The van der Waals surface area contributed by atoms with Gasteiger partial charge in [0.25, 0.3) is 0 Å². The highest BCUT2D eigenvalue weighted by atomic mass is 15.1. The van der Waals surface area contributed by atoms with Gasteiger partial charge in [0.15, 0.2) is 0 Å². The Morgan fingerprint density at radius 2 is 2.12 bits per heavy atom. The Hall–Kier alpha value is -1.49. The molecule has 0 saturated heterocycles. The molecule has 0 saturated carbocycles. The monoisotopic (exact) mass is 216 g/mol. The van der Waals surface area contributed by atoms with Crippen molar-refractivity contribution in [2.24, 2.45) is 0 Å². The zero-order valence-corrected chi connectivity index (χ0v) is 10.2. The van der Waals surface area contributed by atoms with E-state index in [4.69, 9.17) is 5.26 Å². The van der Waals surface area contributed by atoms with E-state index < -0.39 is 0 Å². The summed E-state index contributed by atoms with van der Waals surface area (Å²) in [5.41, 5.74) is 2.59. The number of nitrogens with zero attached hydrogens (tertiary/aromatic N) is 2. The minimum atomic E-state index is 0.672. The molecule has 0 aliphatic carbocycles. The molecule has 1 aromatic carbocycles. The first-order chi connectivity index (χ1) is 7.77. The van der Waals surface area contributed by atoms with Crippen LogP contribution in [0.4, 0.5) is 5.69 Å².